The van der Waals surface area contributed by atoms with Crippen molar-refractivity contribution in [1.82, 2.24) is 4.90 Å². The number of carbonyl (C=O) groups is 2. The lowest BCUT2D eigenvalue weighted by Crippen LogP contribution is -2.40. The molecule has 1 aromatic carbocycles. The third-order valence-electron chi connectivity index (χ3n) is 3.21. The minimum absolute atomic E-state index is 0.0306. The van der Waals surface area contributed by atoms with Crippen molar-refractivity contribution >= 4 is 11.9 Å². The summed E-state index contributed by atoms with van der Waals surface area (Å²) in [6.07, 6.45) is 1.00. The van der Waals surface area contributed by atoms with Gasteiger partial charge in [0.1, 0.15) is 6.04 Å². The van der Waals surface area contributed by atoms with Crippen molar-refractivity contribution in [1.29, 1.82) is 0 Å². The Kier molecular flexibility index (Phi) is 3.69. The number of aliphatic carboxylic acids is 1. The van der Waals surface area contributed by atoms with E-state index in [1.165, 1.54) is 30.2 Å². The van der Waals surface area contributed by atoms with Crippen LogP contribution in [0.2, 0.25) is 0 Å². The number of hydrogen-bond acceptors (Lipinski definition) is 3. The Morgan fingerprint density at radius 2 is 2.21 bits per heavy atom. The van der Waals surface area contributed by atoms with Crippen molar-refractivity contribution in [3.05, 3.63) is 29.6 Å². The molecule has 1 aliphatic rings. The molecule has 6 heteroatoms. The van der Waals surface area contributed by atoms with E-state index in [4.69, 9.17) is 9.84 Å². The van der Waals surface area contributed by atoms with Crippen LogP contribution in [-0.2, 0) is 4.79 Å². The molecule has 1 fully saturated rings. The summed E-state index contributed by atoms with van der Waals surface area (Å²) in [5.41, 5.74) is -0.160. The molecule has 1 heterocycles. The van der Waals surface area contributed by atoms with Crippen LogP contribution in [0.25, 0.3) is 0 Å². The highest BCUT2D eigenvalue weighted by Crippen LogP contribution is 2.25. The van der Waals surface area contributed by atoms with E-state index in [0.29, 0.717) is 19.4 Å². The first-order chi connectivity index (χ1) is 9.06. The predicted octanol–water partition coefficient (Wildman–Crippen LogP) is 1.52. The third-order valence-corrected chi connectivity index (χ3v) is 3.21. The lowest BCUT2D eigenvalue weighted by molar-refractivity contribution is -0.141. The summed E-state index contributed by atoms with van der Waals surface area (Å²) >= 11 is 0. The molecule has 0 radical (unpaired) electrons. The van der Waals surface area contributed by atoms with Gasteiger partial charge in [-0.15, -0.1) is 0 Å². The summed E-state index contributed by atoms with van der Waals surface area (Å²) in [4.78, 5) is 24.5. The quantitative estimate of drug-likeness (QED) is 0.901. The van der Waals surface area contributed by atoms with Gasteiger partial charge in [-0.1, -0.05) is 6.07 Å². The number of halogens is 1. The molecule has 0 bridgehead atoms. The van der Waals surface area contributed by atoms with E-state index >= 15 is 0 Å². The number of carbonyl (C=O) groups excluding carboxylic acids is 1. The van der Waals surface area contributed by atoms with Crippen LogP contribution in [0.5, 0.6) is 5.75 Å². The molecule has 19 heavy (non-hydrogen) atoms. The first kappa shape index (κ1) is 13.3. The molecule has 1 aromatic rings. The van der Waals surface area contributed by atoms with Crippen LogP contribution >= 0.6 is 0 Å². The van der Waals surface area contributed by atoms with E-state index in [0.717, 1.165) is 0 Å². The second kappa shape index (κ2) is 5.26. The molecule has 1 saturated heterocycles. The normalized spacial score (nSPS) is 18.4. The van der Waals surface area contributed by atoms with Gasteiger partial charge in [-0.2, -0.15) is 0 Å². The molecule has 0 aliphatic carbocycles. The van der Waals surface area contributed by atoms with Gasteiger partial charge >= 0.3 is 5.97 Å². The van der Waals surface area contributed by atoms with E-state index in [1.54, 1.807) is 0 Å². The first-order valence-electron chi connectivity index (χ1n) is 5.92. The van der Waals surface area contributed by atoms with Crippen molar-refractivity contribution < 1.29 is 23.8 Å². The van der Waals surface area contributed by atoms with E-state index in [-0.39, 0.29) is 11.3 Å². The van der Waals surface area contributed by atoms with E-state index in [1.807, 2.05) is 0 Å². The number of hydrogen-bond donors (Lipinski definition) is 1. The average molecular weight is 267 g/mol. The highest BCUT2D eigenvalue weighted by atomic mass is 19.1. The average Bonchev–Trinajstić information content (AvgIpc) is 2.87. The Labute approximate surface area is 109 Å². The van der Waals surface area contributed by atoms with Gasteiger partial charge in [0.25, 0.3) is 5.91 Å². The molecule has 1 N–H and O–H groups in total. The summed E-state index contributed by atoms with van der Waals surface area (Å²) < 4.78 is 18.8. The molecule has 102 valence electrons. The fourth-order valence-corrected chi connectivity index (χ4v) is 2.25. The van der Waals surface area contributed by atoms with Gasteiger partial charge in [0.2, 0.25) is 0 Å². The topological polar surface area (TPSA) is 66.8 Å². The maximum Gasteiger partial charge on any atom is 0.326 e. The Morgan fingerprint density at radius 3 is 2.84 bits per heavy atom. The Balaban J connectivity index is 2.32. The number of nitrogens with zero attached hydrogens (tertiary/aromatic N) is 1. The van der Waals surface area contributed by atoms with Crippen LogP contribution in [0.3, 0.4) is 0 Å². The highest BCUT2D eigenvalue weighted by Gasteiger charge is 2.35. The smallest absolute Gasteiger partial charge is 0.326 e. The summed E-state index contributed by atoms with van der Waals surface area (Å²) in [6, 6.07) is 3.36. The first-order valence-corrected chi connectivity index (χ1v) is 5.92. The number of rotatable bonds is 3. The number of carboxylic acid groups (broad SMARTS) is 1. The van der Waals surface area contributed by atoms with Gasteiger partial charge in [0.05, 0.1) is 12.7 Å². The molecule has 1 atom stereocenters. The molecule has 1 aliphatic heterocycles. The third kappa shape index (κ3) is 2.38. The van der Waals surface area contributed by atoms with Gasteiger partial charge in [-0.05, 0) is 25.0 Å². The van der Waals surface area contributed by atoms with Gasteiger partial charge in [-0.3, -0.25) is 4.79 Å². The van der Waals surface area contributed by atoms with Crippen LogP contribution in [-0.4, -0.2) is 41.6 Å². The Hall–Kier alpha value is -2.11. The van der Waals surface area contributed by atoms with Crippen LogP contribution < -0.4 is 4.74 Å². The fourth-order valence-electron chi connectivity index (χ4n) is 2.25. The SMILES string of the molecule is COc1cccc(C(=O)N2CCC[C@@H]2C(=O)O)c1F. The Morgan fingerprint density at radius 1 is 1.47 bits per heavy atom. The summed E-state index contributed by atoms with van der Waals surface area (Å²) in [6.45, 7) is 0.326. The lowest BCUT2D eigenvalue weighted by Gasteiger charge is -2.21. The minimum Gasteiger partial charge on any atom is -0.494 e. The van der Waals surface area contributed by atoms with Crippen LogP contribution in [0.4, 0.5) is 4.39 Å². The van der Waals surface area contributed by atoms with E-state index < -0.39 is 23.7 Å². The number of carboxylic acids is 1. The van der Waals surface area contributed by atoms with E-state index in [2.05, 4.69) is 0 Å². The zero-order valence-corrected chi connectivity index (χ0v) is 10.4. The number of benzene rings is 1. The molecule has 1 amide bonds. The molecule has 0 saturated carbocycles. The number of likely N-dealkylation sites (tertiary alicyclic amines) is 1. The largest absolute Gasteiger partial charge is 0.494 e. The minimum atomic E-state index is -1.06. The number of methoxy groups -OCH3 is 1. The molecule has 0 unspecified atom stereocenters. The van der Waals surface area contributed by atoms with Crippen molar-refractivity contribution in [2.24, 2.45) is 0 Å². The monoisotopic (exact) mass is 267 g/mol. The number of amides is 1. The Bertz CT molecular complexity index is 517. The molecule has 0 aromatic heterocycles. The van der Waals surface area contributed by atoms with Gasteiger partial charge in [-0.25, -0.2) is 9.18 Å². The standard InChI is InChI=1S/C13H14FNO4/c1-19-10-6-2-4-8(11(10)14)12(16)15-7-3-5-9(15)13(17)18/h2,4,6,9H,3,5,7H2,1H3,(H,17,18)/t9-/m1/s1. The maximum absolute atomic E-state index is 14.0. The predicted molar refractivity (Wildman–Crippen MR) is 64.6 cm³/mol. The van der Waals surface area contributed by atoms with E-state index in [9.17, 15) is 14.0 Å². The van der Waals surface area contributed by atoms with Gasteiger partial charge in [0, 0.05) is 6.54 Å². The molecule has 0 spiro atoms. The molecular weight excluding hydrogens is 253 g/mol. The zero-order valence-electron chi connectivity index (χ0n) is 10.4. The lowest BCUT2D eigenvalue weighted by atomic mass is 10.1. The highest BCUT2D eigenvalue weighted by molar-refractivity contribution is 5.97. The summed E-state index contributed by atoms with van der Waals surface area (Å²) in [7, 11) is 1.31. The van der Waals surface area contributed by atoms with Crippen LogP contribution in [0, 0.1) is 5.82 Å². The van der Waals surface area contributed by atoms with Gasteiger partial charge in [0.15, 0.2) is 11.6 Å². The van der Waals surface area contributed by atoms with Crippen LogP contribution in [0.15, 0.2) is 18.2 Å². The maximum atomic E-state index is 14.0. The molecular formula is C13H14FNO4. The van der Waals surface area contributed by atoms with Crippen molar-refractivity contribution in [2.75, 3.05) is 13.7 Å². The van der Waals surface area contributed by atoms with Crippen LogP contribution in [0.1, 0.15) is 23.2 Å². The van der Waals surface area contributed by atoms with Crippen molar-refractivity contribution in [3.63, 3.8) is 0 Å². The molecule has 5 nitrogen and oxygen atoms in total. The van der Waals surface area contributed by atoms with Crippen molar-refractivity contribution in [3.8, 4) is 5.75 Å². The second-order valence-electron chi connectivity index (χ2n) is 4.32. The van der Waals surface area contributed by atoms with Crippen molar-refractivity contribution in [2.45, 2.75) is 18.9 Å². The number of ether oxygens (including phenoxy) is 1. The zero-order chi connectivity index (χ0) is 14.0. The fraction of sp³-hybridized carbons (Fsp3) is 0.385. The summed E-state index contributed by atoms with van der Waals surface area (Å²) in [5, 5.41) is 9.04. The van der Waals surface area contributed by atoms with Gasteiger partial charge < -0.3 is 14.7 Å². The second-order valence-corrected chi connectivity index (χ2v) is 4.32. The molecule has 2 rings (SSSR count). The summed E-state index contributed by atoms with van der Waals surface area (Å²) in [5.74, 6) is -2.46.